The lowest BCUT2D eigenvalue weighted by Gasteiger charge is -2.39. The fourth-order valence-corrected chi connectivity index (χ4v) is 3.49. The zero-order valence-corrected chi connectivity index (χ0v) is 16.4. The van der Waals surface area contributed by atoms with Gasteiger partial charge in [0.05, 0.1) is 6.61 Å². The standard InChI is InChI=1S/C24H24O4/c1-16-6-8-17(9-7-16)5-4-12-26-22-14-19-13-18-10-11-23(25)27-20(18)15-21(19)28-24(22,2)3/h4-11,13,15,22H,12,14H2,1-3H3/b5-4+/t22-/m0/s1. The predicted octanol–water partition coefficient (Wildman–Crippen LogP) is 4.91. The van der Waals surface area contributed by atoms with Gasteiger partial charge in [-0.05, 0) is 44.0 Å². The van der Waals surface area contributed by atoms with E-state index in [0.29, 0.717) is 12.2 Å². The lowest BCUT2D eigenvalue weighted by atomic mass is 9.90. The minimum absolute atomic E-state index is 0.0733. The summed E-state index contributed by atoms with van der Waals surface area (Å²) in [6.45, 7) is 6.64. The summed E-state index contributed by atoms with van der Waals surface area (Å²) >= 11 is 0. The Hall–Kier alpha value is -2.85. The van der Waals surface area contributed by atoms with Gasteiger partial charge in [0, 0.05) is 23.9 Å². The Balaban J connectivity index is 1.49. The van der Waals surface area contributed by atoms with Gasteiger partial charge in [-0.15, -0.1) is 0 Å². The van der Waals surface area contributed by atoms with Gasteiger partial charge in [0.15, 0.2) is 0 Å². The zero-order valence-electron chi connectivity index (χ0n) is 16.4. The van der Waals surface area contributed by atoms with Crippen LogP contribution in [0.25, 0.3) is 17.0 Å². The molecule has 0 radical (unpaired) electrons. The summed E-state index contributed by atoms with van der Waals surface area (Å²) in [6, 6.07) is 15.4. The highest BCUT2D eigenvalue weighted by Crippen LogP contribution is 2.37. The SMILES string of the molecule is Cc1ccc(/C=C/CO[C@H]2Cc3cc4ccc(=O)oc4cc3OC2(C)C)cc1. The third kappa shape index (κ3) is 3.87. The second-order valence-corrected chi connectivity index (χ2v) is 7.80. The van der Waals surface area contributed by atoms with E-state index in [1.807, 2.05) is 26.0 Å². The molecule has 0 bridgehead atoms. The number of ether oxygens (including phenoxy) is 2. The molecule has 0 saturated carbocycles. The molecule has 28 heavy (non-hydrogen) atoms. The fourth-order valence-electron chi connectivity index (χ4n) is 3.49. The van der Waals surface area contributed by atoms with Crippen LogP contribution < -0.4 is 10.4 Å². The second kappa shape index (κ2) is 7.28. The van der Waals surface area contributed by atoms with Crippen LogP contribution in [0, 0.1) is 6.92 Å². The summed E-state index contributed by atoms with van der Waals surface area (Å²) in [4.78, 5) is 11.5. The van der Waals surface area contributed by atoms with Gasteiger partial charge in [-0.2, -0.15) is 0 Å². The topological polar surface area (TPSA) is 48.7 Å². The van der Waals surface area contributed by atoms with Crippen molar-refractivity contribution in [3.05, 3.63) is 81.7 Å². The minimum Gasteiger partial charge on any atom is -0.485 e. The minimum atomic E-state index is -0.479. The second-order valence-electron chi connectivity index (χ2n) is 7.80. The van der Waals surface area contributed by atoms with E-state index in [4.69, 9.17) is 13.9 Å². The van der Waals surface area contributed by atoms with E-state index in [0.717, 1.165) is 28.7 Å². The van der Waals surface area contributed by atoms with Crippen LogP contribution in [0.15, 0.2) is 63.8 Å². The molecular formula is C24H24O4. The van der Waals surface area contributed by atoms with E-state index in [9.17, 15) is 4.79 Å². The molecule has 1 aliphatic heterocycles. The first-order valence-electron chi connectivity index (χ1n) is 9.51. The molecule has 0 spiro atoms. The van der Waals surface area contributed by atoms with Crippen molar-refractivity contribution in [1.82, 2.24) is 0 Å². The van der Waals surface area contributed by atoms with Crippen molar-refractivity contribution in [3.8, 4) is 5.75 Å². The molecule has 2 heterocycles. The molecule has 0 saturated heterocycles. The molecule has 1 atom stereocenters. The summed E-state index contributed by atoms with van der Waals surface area (Å²) in [5.41, 5.74) is 3.18. The molecule has 4 rings (SSSR count). The number of hydrogen-bond donors (Lipinski definition) is 0. The quantitative estimate of drug-likeness (QED) is 0.607. The highest BCUT2D eigenvalue weighted by Gasteiger charge is 2.37. The maximum Gasteiger partial charge on any atom is 0.336 e. The van der Waals surface area contributed by atoms with E-state index >= 15 is 0 Å². The molecule has 0 amide bonds. The van der Waals surface area contributed by atoms with E-state index < -0.39 is 5.60 Å². The van der Waals surface area contributed by atoms with Gasteiger partial charge in [0.2, 0.25) is 0 Å². The Labute approximate surface area is 164 Å². The Kier molecular flexibility index (Phi) is 4.82. The van der Waals surface area contributed by atoms with Crippen molar-refractivity contribution >= 4 is 17.0 Å². The van der Waals surface area contributed by atoms with Crippen molar-refractivity contribution in [2.45, 2.75) is 38.9 Å². The van der Waals surface area contributed by atoms with E-state index in [1.165, 1.54) is 11.6 Å². The highest BCUT2D eigenvalue weighted by molar-refractivity contribution is 5.79. The normalized spacial score (nSPS) is 18.2. The van der Waals surface area contributed by atoms with Gasteiger partial charge in [-0.25, -0.2) is 4.79 Å². The van der Waals surface area contributed by atoms with Crippen molar-refractivity contribution in [1.29, 1.82) is 0 Å². The molecule has 0 unspecified atom stereocenters. The first kappa shape index (κ1) is 18.5. The molecule has 0 aliphatic carbocycles. The predicted molar refractivity (Wildman–Crippen MR) is 111 cm³/mol. The Morgan fingerprint density at radius 1 is 1.14 bits per heavy atom. The van der Waals surface area contributed by atoms with Gasteiger partial charge >= 0.3 is 5.63 Å². The average molecular weight is 376 g/mol. The molecule has 1 aromatic heterocycles. The third-order valence-corrected chi connectivity index (χ3v) is 5.14. The smallest absolute Gasteiger partial charge is 0.336 e. The van der Waals surface area contributed by atoms with Gasteiger partial charge in [0.1, 0.15) is 23.0 Å². The summed E-state index contributed by atoms with van der Waals surface area (Å²) in [6.07, 6.45) is 4.77. The largest absolute Gasteiger partial charge is 0.485 e. The zero-order chi connectivity index (χ0) is 19.7. The van der Waals surface area contributed by atoms with Crippen LogP contribution in [0.5, 0.6) is 5.75 Å². The van der Waals surface area contributed by atoms with Crippen LogP contribution in [-0.2, 0) is 11.2 Å². The Bertz CT molecular complexity index is 1070. The maximum atomic E-state index is 11.5. The molecule has 3 aromatic rings. The number of benzene rings is 2. The van der Waals surface area contributed by atoms with Crippen LogP contribution in [0.1, 0.15) is 30.5 Å². The maximum absolute atomic E-state index is 11.5. The van der Waals surface area contributed by atoms with E-state index in [1.54, 1.807) is 12.1 Å². The van der Waals surface area contributed by atoms with Crippen molar-refractivity contribution in [2.75, 3.05) is 6.61 Å². The van der Waals surface area contributed by atoms with Crippen molar-refractivity contribution in [2.24, 2.45) is 0 Å². The Morgan fingerprint density at radius 3 is 2.71 bits per heavy atom. The average Bonchev–Trinajstić information content (AvgIpc) is 2.65. The molecule has 0 N–H and O–H groups in total. The number of fused-ring (bicyclic) bond motifs is 2. The lowest BCUT2D eigenvalue weighted by Crippen LogP contribution is -2.48. The molecule has 4 nitrogen and oxygen atoms in total. The third-order valence-electron chi connectivity index (χ3n) is 5.14. The van der Waals surface area contributed by atoms with Gasteiger partial charge in [-0.1, -0.05) is 42.0 Å². The number of hydrogen-bond acceptors (Lipinski definition) is 4. The molecule has 4 heteroatoms. The van der Waals surface area contributed by atoms with Crippen LogP contribution >= 0.6 is 0 Å². The van der Waals surface area contributed by atoms with Crippen molar-refractivity contribution < 1.29 is 13.9 Å². The summed E-state index contributed by atoms with van der Waals surface area (Å²) in [5.74, 6) is 0.752. The van der Waals surface area contributed by atoms with Crippen LogP contribution in [0.4, 0.5) is 0 Å². The van der Waals surface area contributed by atoms with Crippen molar-refractivity contribution in [3.63, 3.8) is 0 Å². The highest BCUT2D eigenvalue weighted by atomic mass is 16.6. The van der Waals surface area contributed by atoms with Gasteiger partial charge in [0.25, 0.3) is 0 Å². The fraction of sp³-hybridized carbons (Fsp3) is 0.292. The van der Waals surface area contributed by atoms with Gasteiger partial charge < -0.3 is 13.9 Å². The summed E-state index contributed by atoms with van der Waals surface area (Å²) in [7, 11) is 0. The van der Waals surface area contributed by atoms with E-state index in [2.05, 4.69) is 37.3 Å². The molecule has 144 valence electrons. The molecule has 2 aromatic carbocycles. The molecule has 0 fully saturated rings. The Morgan fingerprint density at radius 2 is 1.93 bits per heavy atom. The molecule has 1 aliphatic rings. The first-order chi connectivity index (χ1) is 13.4. The molecular weight excluding hydrogens is 352 g/mol. The first-order valence-corrected chi connectivity index (χ1v) is 9.51. The van der Waals surface area contributed by atoms with Crippen LogP contribution in [0.2, 0.25) is 0 Å². The van der Waals surface area contributed by atoms with E-state index in [-0.39, 0.29) is 11.7 Å². The monoisotopic (exact) mass is 376 g/mol. The summed E-state index contributed by atoms with van der Waals surface area (Å²) < 4.78 is 17.6. The van der Waals surface area contributed by atoms with Gasteiger partial charge in [-0.3, -0.25) is 0 Å². The summed E-state index contributed by atoms with van der Waals surface area (Å²) in [5, 5.41) is 0.889. The van der Waals surface area contributed by atoms with Crippen LogP contribution in [-0.4, -0.2) is 18.3 Å². The number of aryl methyl sites for hydroxylation is 1. The van der Waals surface area contributed by atoms with Crippen LogP contribution in [0.3, 0.4) is 0 Å². The lowest BCUT2D eigenvalue weighted by molar-refractivity contribution is -0.0753. The number of rotatable bonds is 4.